The monoisotopic (exact) mass is 381 g/mol. The molecule has 9 nitrogen and oxygen atoms in total. The summed E-state index contributed by atoms with van der Waals surface area (Å²) in [6.07, 6.45) is 5.66. The van der Waals surface area contributed by atoms with E-state index in [0.717, 1.165) is 12.0 Å². The normalized spacial score (nSPS) is 21.1. The van der Waals surface area contributed by atoms with E-state index in [2.05, 4.69) is 26.0 Å². The van der Waals surface area contributed by atoms with E-state index in [1.807, 2.05) is 34.0 Å². The topological polar surface area (TPSA) is 100 Å². The van der Waals surface area contributed by atoms with Gasteiger partial charge in [-0.1, -0.05) is 0 Å². The van der Waals surface area contributed by atoms with Crippen molar-refractivity contribution in [1.29, 1.82) is 5.26 Å². The van der Waals surface area contributed by atoms with Crippen LogP contribution >= 0.6 is 0 Å². The fraction of sp³-hybridized carbons (Fsp3) is 0.526. The number of ether oxygens (including phenoxy) is 1. The van der Waals surface area contributed by atoms with E-state index in [1.165, 1.54) is 0 Å². The number of likely N-dealkylation sites (tertiary alicyclic amines) is 1. The predicted molar refractivity (Wildman–Crippen MR) is 101 cm³/mol. The molecule has 0 saturated carbocycles. The van der Waals surface area contributed by atoms with E-state index < -0.39 is 5.60 Å². The Hall–Kier alpha value is -3.15. The number of amides is 1. The van der Waals surface area contributed by atoms with Gasteiger partial charge in [0.25, 0.3) is 0 Å². The molecule has 0 N–H and O–H groups in total. The summed E-state index contributed by atoms with van der Waals surface area (Å²) in [6.45, 7) is 6.79. The third-order valence-corrected chi connectivity index (χ3v) is 4.99. The van der Waals surface area contributed by atoms with Crippen LogP contribution < -0.4 is 4.90 Å². The van der Waals surface area contributed by atoms with Gasteiger partial charge in [0.2, 0.25) is 0 Å². The lowest BCUT2D eigenvalue weighted by molar-refractivity contribution is 0.0214. The fourth-order valence-corrected chi connectivity index (χ4v) is 3.82. The molecule has 4 rings (SSSR count). The van der Waals surface area contributed by atoms with Gasteiger partial charge in [-0.3, -0.25) is 4.68 Å². The highest BCUT2D eigenvalue weighted by Crippen LogP contribution is 2.36. The lowest BCUT2D eigenvalue weighted by Gasteiger charge is -2.36. The number of carbonyl (C=O) groups excluding carboxylic acids is 1. The number of rotatable bonds is 2. The van der Waals surface area contributed by atoms with Crippen molar-refractivity contribution in [1.82, 2.24) is 24.6 Å². The lowest BCUT2D eigenvalue weighted by Crippen LogP contribution is -2.50. The minimum Gasteiger partial charge on any atom is -0.444 e. The molecule has 9 heteroatoms. The third-order valence-electron chi connectivity index (χ3n) is 4.99. The van der Waals surface area contributed by atoms with Crippen LogP contribution in [0.2, 0.25) is 0 Å². The summed E-state index contributed by atoms with van der Waals surface area (Å²) in [5.74, 6) is 1.15. The minimum atomic E-state index is -0.516. The van der Waals surface area contributed by atoms with Crippen molar-refractivity contribution in [2.24, 2.45) is 7.05 Å². The van der Waals surface area contributed by atoms with Crippen LogP contribution in [0.3, 0.4) is 0 Å². The highest BCUT2D eigenvalue weighted by molar-refractivity contribution is 5.71. The van der Waals surface area contributed by atoms with Crippen LogP contribution in [0.15, 0.2) is 18.6 Å². The number of carbonyl (C=O) groups is 1. The molecule has 2 atom stereocenters. The molecule has 28 heavy (non-hydrogen) atoms. The van der Waals surface area contributed by atoms with Crippen LogP contribution in [0.4, 0.5) is 10.6 Å². The molecule has 4 heterocycles. The zero-order valence-electron chi connectivity index (χ0n) is 16.5. The van der Waals surface area contributed by atoms with Gasteiger partial charge in [-0.15, -0.1) is 0 Å². The molecule has 2 aromatic heterocycles. The molecular weight excluding hydrogens is 358 g/mol. The summed E-state index contributed by atoms with van der Waals surface area (Å²) < 4.78 is 7.21. The average Bonchev–Trinajstić information content (AvgIpc) is 3.34. The SMILES string of the molecule is Cn1cc(-c2ncc(C#N)c(N3C[C@@H]4C[C@H]3CN4C(=O)OC(C)(C)C)n2)cn1. The molecule has 0 unspecified atom stereocenters. The minimum absolute atomic E-state index is 0.0585. The van der Waals surface area contributed by atoms with E-state index in [9.17, 15) is 10.1 Å². The van der Waals surface area contributed by atoms with Crippen molar-refractivity contribution < 1.29 is 9.53 Å². The number of hydrogen-bond donors (Lipinski definition) is 0. The Morgan fingerprint density at radius 3 is 2.64 bits per heavy atom. The number of fused-ring (bicyclic) bond motifs is 2. The van der Waals surface area contributed by atoms with E-state index >= 15 is 0 Å². The molecule has 2 bridgehead atoms. The number of aromatic nitrogens is 4. The average molecular weight is 381 g/mol. The summed E-state index contributed by atoms with van der Waals surface area (Å²) >= 11 is 0. The van der Waals surface area contributed by atoms with Gasteiger partial charge in [-0.2, -0.15) is 10.4 Å². The Labute approximate surface area is 163 Å². The van der Waals surface area contributed by atoms with Crippen molar-refractivity contribution in [3.05, 3.63) is 24.2 Å². The third kappa shape index (κ3) is 3.26. The summed E-state index contributed by atoms with van der Waals surface area (Å²) in [6, 6.07) is 2.36. The van der Waals surface area contributed by atoms with Crippen LogP contribution in [0.5, 0.6) is 0 Å². The molecule has 0 aliphatic carbocycles. The lowest BCUT2D eigenvalue weighted by atomic mass is 10.2. The second-order valence-corrected chi connectivity index (χ2v) is 8.27. The molecule has 146 valence electrons. The van der Waals surface area contributed by atoms with Crippen LogP contribution in [0.1, 0.15) is 32.8 Å². The second kappa shape index (κ2) is 6.48. The van der Waals surface area contributed by atoms with Gasteiger partial charge in [-0.25, -0.2) is 14.8 Å². The maximum Gasteiger partial charge on any atom is 0.410 e. The first kappa shape index (κ1) is 18.2. The molecule has 2 saturated heterocycles. The number of piperazine rings is 1. The van der Waals surface area contributed by atoms with Gasteiger partial charge in [0, 0.05) is 26.3 Å². The van der Waals surface area contributed by atoms with E-state index in [4.69, 9.17) is 4.74 Å². The number of nitriles is 1. The number of aryl methyl sites for hydroxylation is 1. The first-order valence-corrected chi connectivity index (χ1v) is 9.27. The van der Waals surface area contributed by atoms with Crippen LogP contribution in [0.25, 0.3) is 11.4 Å². The fourth-order valence-electron chi connectivity index (χ4n) is 3.82. The van der Waals surface area contributed by atoms with Gasteiger partial charge in [0.1, 0.15) is 17.2 Å². The number of hydrogen-bond acceptors (Lipinski definition) is 7. The number of anilines is 1. The molecule has 1 amide bonds. The van der Waals surface area contributed by atoms with Crippen molar-refractivity contribution in [3.8, 4) is 17.5 Å². The standard InChI is InChI=1S/C19H23N7O2/c1-19(2,3)28-18(27)26-11-14-5-15(26)10-25(14)17-12(6-20)7-21-16(23-17)13-8-22-24(4)9-13/h7-9,14-15H,5,10-11H2,1-4H3/t14-,15-/m0/s1. The first-order chi connectivity index (χ1) is 13.2. The predicted octanol–water partition coefficient (Wildman–Crippen LogP) is 1.95. The molecule has 0 spiro atoms. The largest absolute Gasteiger partial charge is 0.444 e. The Kier molecular flexibility index (Phi) is 4.22. The van der Waals surface area contributed by atoms with E-state index in [-0.39, 0.29) is 18.2 Å². The Balaban J connectivity index is 1.57. The highest BCUT2D eigenvalue weighted by Gasteiger charge is 2.47. The molecule has 0 radical (unpaired) electrons. The van der Waals surface area contributed by atoms with Crippen LogP contribution in [-0.2, 0) is 11.8 Å². The highest BCUT2D eigenvalue weighted by atomic mass is 16.6. The van der Waals surface area contributed by atoms with Crippen molar-refractivity contribution >= 4 is 11.9 Å². The summed E-state index contributed by atoms with van der Waals surface area (Å²) in [5.41, 5.74) is 0.717. The smallest absolute Gasteiger partial charge is 0.410 e. The zero-order valence-corrected chi connectivity index (χ0v) is 16.5. The van der Waals surface area contributed by atoms with Gasteiger partial charge in [-0.05, 0) is 27.2 Å². The molecule has 2 fully saturated rings. The molecule has 2 aliphatic heterocycles. The van der Waals surface area contributed by atoms with Gasteiger partial charge >= 0.3 is 6.09 Å². The maximum atomic E-state index is 12.5. The Bertz CT molecular complexity index is 956. The summed E-state index contributed by atoms with van der Waals surface area (Å²) in [7, 11) is 1.83. The second-order valence-electron chi connectivity index (χ2n) is 8.27. The zero-order chi connectivity index (χ0) is 20.1. The van der Waals surface area contributed by atoms with Gasteiger partial charge in [0.15, 0.2) is 11.6 Å². The molecule has 2 aliphatic rings. The van der Waals surface area contributed by atoms with Gasteiger partial charge in [0.05, 0.1) is 30.0 Å². The van der Waals surface area contributed by atoms with E-state index in [0.29, 0.717) is 30.3 Å². The summed E-state index contributed by atoms with van der Waals surface area (Å²) in [4.78, 5) is 25.3. The maximum absolute atomic E-state index is 12.5. The van der Waals surface area contributed by atoms with Gasteiger partial charge < -0.3 is 14.5 Å². The quantitative estimate of drug-likeness (QED) is 0.784. The molecular formula is C19H23N7O2. The number of nitrogens with zero attached hydrogens (tertiary/aromatic N) is 7. The van der Waals surface area contributed by atoms with Crippen molar-refractivity contribution in [2.45, 2.75) is 44.9 Å². The van der Waals surface area contributed by atoms with Crippen molar-refractivity contribution in [2.75, 3.05) is 18.0 Å². The Morgan fingerprint density at radius 1 is 1.29 bits per heavy atom. The molecule has 0 aromatic carbocycles. The van der Waals surface area contributed by atoms with Crippen LogP contribution in [-0.4, -0.2) is 61.5 Å². The molecule has 2 aromatic rings. The first-order valence-electron chi connectivity index (χ1n) is 9.27. The van der Waals surface area contributed by atoms with Crippen molar-refractivity contribution in [3.63, 3.8) is 0 Å². The Morgan fingerprint density at radius 2 is 2.07 bits per heavy atom. The summed E-state index contributed by atoms with van der Waals surface area (Å²) in [5, 5.41) is 13.7. The van der Waals surface area contributed by atoms with Crippen LogP contribution in [0, 0.1) is 11.3 Å². The van der Waals surface area contributed by atoms with E-state index in [1.54, 1.807) is 22.0 Å².